The Bertz CT molecular complexity index is 223. The zero-order valence-corrected chi connectivity index (χ0v) is 11.0. The summed E-state index contributed by atoms with van der Waals surface area (Å²) < 4.78 is 5.70. The highest BCUT2D eigenvalue weighted by atomic mass is 16.5. The van der Waals surface area contributed by atoms with Crippen LogP contribution in [0.2, 0.25) is 0 Å². The first-order valence-electron chi connectivity index (χ1n) is 6.93. The fourth-order valence-electron chi connectivity index (χ4n) is 2.81. The van der Waals surface area contributed by atoms with E-state index in [-0.39, 0.29) is 11.7 Å². The van der Waals surface area contributed by atoms with E-state index in [2.05, 4.69) is 17.1 Å². The Balaban J connectivity index is 1.57. The summed E-state index contributed by atoms with van der Waals surface area (Å²) in [4.78, 5) is 2.35. The van der Waals surface area contributed by atoms with Crippen LogP contribution in [0.25, 0.3) is 0 Å². The maximum Gasteiger partial charge on any atom is 0.0791 e. The minimum absolute atomic E-state index is 0.00658. The normalized spacial score (nSPS) is 32.1. The van der Waals surface area contributed by atoms with Gasteiger partial charge in [0.25, 0.3) is 0 Å². The molecule has 4 nitrogen and oxygen atoms in total. The van der Waals surface area contributed by atoms with Gasteiger partial charge < -0.3 is 20.1 Å². The second-order valence-corrected chi connectivity index (χ2v) is 5.69. The topological polar surface area (TPSA) is 44.7 Å². The van der Waals surface area contributed by atoms with Gasteiger partial charge in [0.2, 0.25) is 0 Å². The quantitative estimate of drug-likeness (QED) is 0.716. The average molecular weight is 242 g/mol. The van der Waals surface area contributed by atoms with E-state index in [1.165, 1.54) is 12.8 Å². The molecule has 2 fully saturated rings. The number of aliphatic hydroxyl groups is 1. The lowest BCUT2D eigenvalue weighted by molar-refractivity contribution is 0.0177. The lowest BCUT2D eigenvalue weighted by atomic mass is 10.0. The van der Waals surface area contributed by atoms with Gasteiger partial charge in [-0.05, 0) is 45.7 Å². The van der Waals surface area contributed by atoms with Crippen LogP contribution in [0.4, 0.5) is 0 Å². The van der Waals surface area contributed by atoms with Crippen LogP contribution in [0.5, 0.6) is 0 Å². The molecule has 2 unspecified atom stereocenters. The number of ether oxygens (including phenoxy) is 1. The molecule has 0 spiro atoms. The van der Waals surface area contributed by atoms with Crippen molar-refractivity contribution in [2.24, 2.45) is 0 Å². The summed E-state index contributed by atoms with van der Waals surface area (Å²) in [6, 6.07) is 0. The van der Waals surface area contributed by atoms with Crippen molar-refractivity contribution in [1.29, 1.82) is 0 Å². The van der Waals surface area contributed by atoms with Gasteiger partial charge in [-0.15, -0.1) is 0 Å². The van der Waals surface area contributed by atoms with Crippen LogP contribution < -0.4 is 5.32 Å². The second kappa shape index (κ2) is 6.14. The van der Waals surface area contributed by atoms with Crippen molar-refractivity contribution < 1.29 is 9.84 Å². The van der Waals surface area contributed by atoms with Crippen LogP contribution in [0.15, 0.2) is 0 Å². The number of β-amino-alcohol motifs (C(OH)–C–C–N with tert-alkyl or cyclic N) is 1. The fraction of sp³-hybridized carbons (Fsp3) is 1.00. The predicted molar refractivity (Wildman–Crippen MR) is 68.1 cm³/mol. The number of likely N-dealkylation sites (tertiary alicyclic amines) is 1. The van der Waals surface area contributed by atoms with Gasteiger partial charge in [0.05, 0.1) is 11.7 Å². The number of hydrogen-bond acceptors (Lipinski definition) is 4. The van der Waals surface area contributed by atoms with Gasteiger partial charge in [-0.25, -0.2) is 0 Å². The van der Waals surface area contributed by atoms with E-state index in [9.17, 15) is 5.11 Å². The number of aliphatic hydroxyl groups excluding tert-OH is 1. The van der Waals surface area contributed by atoms with Crippen molar-refractivity contribution in [2.45, 2.75) is 44.3 Å². The Morgan fingerprint density at radius 3 is 2.76 bits per heavy atom. The number of nitrogens with one attached hydrogen (secondary N) is 1. The molecule has 17 heavy (non-hydrogen) atoms. The molecule has 2 aliphatic rings. The number of rotatable bonds is 6. The highest BCUT2D eigenvalue weighted by Crippen LogP contribution is 2.23. The Morgan fingerprint density at radius 1 is 1.35 bits per heavy atom. The summed E-state index contributed by atoms with van der Waals surface area (Å²) in [6.07, 6.45) is 4.60. The summed E-state index contributed by atoms with van der Waals surface area (Å²) in [5.41, 5.74) is -0.00658. The monoisotopic (exact) mass is 242 g/mol. The fourth-order valence-corrected chi connectivity index (χ4v) is 2.81. The third-order valence-electron chi connectivity index (χ3n) is 3.85. The van der Waals surface area contributed by atoms with Gasteiger partial charge in [0.1, 0.15) is 0 Å². The van der Waals surface area contributed by atoms with Gasteiger partial charge in [-0.3, -0.25) is 0 Å². The largest absolute Gasteiger partial charge is 0.390 e. The summed E-state index contributed by atoms with van der Waals surface area (Å²) in [5, 5.41) is 13.3. The molecule has 0 aromatic heterocycles. The molecule has 0 amide bonds. The minimum Gasteiger partial charge on any atom is -0.390 e. The molecule has 0 aliphatic carbocycles. The SMILES string of the molecule is CC1(CNCC(O)CN2CCCC2)CCCO1. The zero-order chi connectivity index (χ0) is 12.1. The number of nitrogens with zero attached hydrogens (tertiary/aromatic N) is 1. The molecule has 2 rings (SSSR count). The summed E-state index contributed by atoms with van der Waals surface area (Å²) in [7, 11) is 0. The summed E-state index contributed by atoms with van der Waals surface area (Å²) >= 11 is 0. The van der Waals surface area contributed by atoms with E-state index in [0.717, 1.165) is 45.6 Å². The van der Waals surface area contributed by atoms with Crippen LogP contribution in [0, 0.1) is 0 Å². The lowest BCUT2D eigenvalue weighted by Crippen LogP contribution is -2.43. The molecule has 0 aromatic carbocycles. The molecule has 2 saturated heterocycles. The van der Waals surface area contributed by atoms with E-state index in [1.54, 1.807) is 0 Å². The molecule has 4 heteroatoms. The molecular formula is C13H26N2O2. The summed E-state index contributed by atoms with van der Waals surface area (Å²) in [5.74, 6) is 0. The van der Waals surface area contributed by atoms with E-state index in [4.69, 9.17) is 4.74 Å². The third kappa shape index (κ3) is 4.21. The molecule has 2 N–H and O–H groups in total. The minimum atomic E-state index is -0.252. The van der Waals surface area contributed by atoms with Gasteiger partial charge in [0, 0.05) is 26.2 Å². The van der Waals surface area contributed by atoms with Crippen LogP contribution in [0.3, 0.4) is 0 Å². The molecule has 0 bridgehead atoms. The van der Waals surface area contributed by atoms with Gasteiger partial charge >= 0.3 is 0 Å². The van der Waals surface area contributed by atoms with Crippen LogP contribution in [-0.4, -0.2) is 61.0 Å². The molecule has 0 radical (unpaired) electrons. The van der Waals surface area contributed by atoms with Crippen molar-refractivity contribution in [3.05, 3.63) is 0 Å². The highest BCUT2D eigenvalue weighted by Gasteiger charge is 2.29. The molecule has 0 saturated carbocycles. The second-order valence-electron chi connectivity index (χ2n) is 5.69. The molecule has 100 valence electrons. The number of hydrogen-bond donors (Lipinski definition) is 2. The van der Waals surface area contributed by atoms with Gasteiger partial charge in [0.15, 0.2) is 0 Å². The van der Waals surface area contributed by atoms with Crippen molar-refractivity contribution in [1.82, 2.24) is 10.2 Å². The zero-order valence-electron chi connectivity index (χ0n) is 11.0. The third-order valence-corrected chi connectivity index (χ3v) is 3.85. The van der Waals surface area contributed by atoms with E-state index < -0.39 is 0 Å². The van der Waals surface area contributed by atoms with Gasteiger partial charge in [-0.1, -0.05) is 0 Å². The molecule has 2 atom stereocenters. The first kappa shape index (κ1) is 13.3. The van der Waals surface area contributed by atoms with E-state index >= 15 is 0 Å². The Morgan fingerprint density at radius 2 is 2.12 bits per heavy atom. The van der Waals surface area contributed by atoms with Crippen molar-refractivity contribution >= 4 is 0 Å². The highest BCUT2D eigenvalue weighted by molar-refractivity contribution is 4.83. The Labute approximate surface area is 104 Å². The lowest BCUT2D eigenvalue weighted by Gasteiger charge is -2.25. The van der Waals surface area contributed by atoms with Crippen LogP contribution >= 0.6 is 0 Å². The summed E-state index contributed by atoms with van der Waals surface area (Å²) in [6.45, 7) is 7.67. The standard InChI is InChI=1S/C13H26N2O2/c1-13(5-4-8-17-13)11-14-9-12(16)10-15-6-2-3-7-15/h12,14,16H,2-11H2,1H3. The van der Waals surface area contributed by atoms with Crippen molar-refractivity contribution in [3.63, 3.8) is 0 Å². The maximum absolute atomic E-state index is 9.92. The Kier molecular flexibility index (Phi) is 4.79. The molecular weight excluding hydrogens is 216 g/mol. The first-order valence-corrected chi connectivity index (χ1v) is 6.93. The molecule has 2 heterocycles. The Hall–Kier alpha value is -0.160. The molecule has 2 aliphatic heterocycles. The maximum atomic E-state index is 9.92. The first-order chi connectivity index (χ1) is 8.18. The van der Waals surface area contributed by atoms with E-state index in [1.807, 2.05) is 0 Å². The van der Waals surface area contributed by atoms with Crippen LogP contribution in [-0.2, 0) is 4.74 Å². The average Bonchev–Trinajstić information content (AvgIpc) is 2.90. The van der Waals surface area contributed by atoms with Gasteiger partial charge in [-0.2, -0.15) is 0 Å². The van der Waals surface area contributed by atoms with Crippen LogP contribution in [0.1, 0.15) is 32.6 Å². The smallest absolute Gasteiger partial charge is 0.0791 e. The van der Waals surface area contributed by atoms with E-state index in [0.29, 0.717) is 6.54 Å². The van der Waals surface area contributed by atoms with Crippen molar-refractivity contribution in [2.75, 3.05) is 39.3 Å². The van der Waals surface area contributed by atoms with Crippen molar-refractivity contribution in [3.8, 4) is 0 Å². The predicted octanol–water partition coefficient (Wildman–Crippen LogP) is 0.602. The molecule has 0 aromatic rings.